The van der Waals surface area contributed by atoms with Gasteiger partial charge >= 0.3 is 0 Å². The Labute approximate surface area is 340 Å². The first-order chi connectivity index (χ1) is 27.2. The number of hydrogen-bond acceptors (Lipinski definition) is 2. The number of hydrogen-bond donors (Lipinski definition) is 0. The van der Waals surface area contributed by atoms with Gasteiger partial charge in [0.05, 0.1) is 11.4 Å². The SMILES string of the molecule is Cc1cc(C)c(-c2ccc3c(c2)N(c2c(C)cc(C)cc2C)c2cccc4c2B3c2ccc(-c3c(C)cc(C)cc3C)cc2N4c2c(C)cc(C)cc2C)c(C)c1. The zero-order chi connectivity index (χ0) is 40.2. The van der Waals surface area contributed by atoms with Crippen molar-refractivity contribution in [2.24, 2.45) is 0 Å². The molecule has 3 heteroatoms. The molecule has 9 rings (SSSR count). The summed E-state index contributed by atoms with van der Waals surface area (Å²) in [4.78, 5) is 5.20. The average molecular weight is 741 g/mol. The van der Waals surface area contributed by atoms with Crippen LogP contribution in [0.2, 0.25) is 0 Å². The molecule has 0 aliphatic carbocycles. The third-order valence-corrected chi connectivity index (χ3v) is 12.6. The molecule has 2 aliphatic heterocycles. The number of nitrogens with zero attached hydrogens (tertiary/aromatic N) is 2. The molecule has 0 aromatic heterocycles. The van der Waals surface area contributed by atoms with Crippen LogP contribution in [0, 0.1) is 83.1 Å². The summed E-state index contributed by atoms with van der Waals surface area (Å²) in [5.74, 6) is 0. The van der Waals surface area contributed by atoms with Gasteiger partial charge in [-0.2, -0.15) is 0 Å². The lowest BCUT2D eigenvalue weighted by molar-refractivity contribution is 1.18. The Hall–Kier alpha value is -5.80. The molecule has 0 atom stereocenters. The Kier molecular flexibility index (Phi) is 8.66. The highest BCUT2D eigenvalue weighted by molar-refractivity contribution is 7.00. The van der Waals surface area contributed by atoms with Crippen molar-refractivity contribution in [3.63, 3.8) is 0 Å². The highest BCUT2D eigenvalue weighted by Crippen LogP contribution is 2.48. The topological polar surface area (TPSA) is 6.48 Å². The Morgan fingerprint density at radius 2 is 0.649 bits per heavy atom. The summed E-state index contributed by atoms with van der Waals surface area (Å²) >= 11 is 0. The molecular weight excluding hydrogens is 687 g/mol. The van der Waals surface area contributed by atoms with Crippen molar-refractivity contribution >= 4 is 57.2 Å². The molecule has 0 saturated heterocycles. The van der Waals surface area contributed by atoms with Gasteiger partial charge in [-0.05, 0) is 191 Å². The fraction of sp³-hybridized carbons (Fsp3) is 0.222. The third-order valence-electron chi connectivity index (χ3n) is 12.6. The van der Waals surface area contributed by atoms with Crippen molar-refractivity contribution in [2.75, 3.05) is 9.80 Å². The van der Waals surface area contributed by atoms with E-state index in [2.05, 4.69) is 196 Å². The first-order valence-electron chi connectivity index (χ1n) is 20.5. The van der Waals surface area contributed by atoms with Crippen molar-refractivity contribution in [3.8, 4) is 22.3 Å². The van der Waals surface area contributed by atoms with Crippen LogP contribution in [0.1, 0.15) is 66.8 Å². The smallest absolute Gasteiger partial charge is 0.252 e. The van der Waals surface area contributed by atoms with Gasteiger partial charge in [0.2, 0.25) is 0 Å². The highest BCUT2D eigenvalue weighted by atomic mass is 15.2. The zero-order valence-electron chi connectivity index (χ0n) is 35.8. The van der Waals surface area contributed by atoms with E-state index in [0.29, 0.717) is 0 Å². The predicted molar refractivity (Wildman–Crippen MR) is 248 cm³/mol. The van der Waals surface area contributed by atoms with E-state index >= 15 is 0 Å². The van der Waals surface area contributed by atoms with Crippen molar-refractivity contribution < 1.29 is 0 Å². The summed E-state index contributed by atoms with van der Waals surface area (Å²) in [7, 11) is 0. The molecule has 0 bridgehead atoms. The van der Waals surface area contributed by atoms with Crippen LogP contribution in [-0.2, 0) is 0 Å². The second-order valence-corrected chi connectivity index (χ2v) is 17.4. The Morgan fingerprint density at radius 1 is 0.333 bits per heavy atom. The first-order valence-corrected chi connectivity index (χ1v) is 20.5. The van der Waals surface area contributed by atoms with E-state index in [4.69, 9.17) is 0 Å². The van der Waals surface area contributed by atoms with Gasteiger partial charge in [-0.15, -0.1) is 0 Å². The van der Waals surface area contributed by atoms with Crippen LogP contribution in [0.4, 0.5) is 34.1 Å². The summed E-state index contributed by atoms with van der Waals surface area (Å²) in [6.07, 6.45) is 0. The fourth-order valence-electron chi connectivity index (χ4n) is 11.0. The molecule has 0 radical (unpaired) electrons. The van der Waals surface area contributed by atoms with Crippen LogP contribution in [0.15, 0.2) is 103 Å². The van der Waals surface area contributed by atoms with E-state index in [1.807, 2.05) is 0 Å². The van der Waals surface area contributed by atoms with Gasteiger partial charge in [0.25, 0.3) is 6.71 Å². The number of aryl methyl sites for hydroxylation is 12. The quantitative estimate of drug-likeness (QED) is 0.166. The average Bonchev–Trinajstić information content (AvgIpc) is 3.11. The van der Waals surface area contributed by atoms with Crippen LogP contribution < -0.4 is 26.2 Å². The van der Waals surface area contributed by atoms with Gasteiger partial charge in [0.1, 0.15) is 0 Å². The van der Waals surface area contributed by atoms with Gasteiger partial charge in [-0.1, -0.05) is 101 Å². The fourth-order valence-corrected chi connectivity index (χ4v) is 11.0. The summed E-state index contributed by atoms with van der Waals surface area (Å²) in [6.45, 7) is 27.1. The maximum Gasteiger partial charge on any atom is 0.252 e. The molecule has 2 nitrogen and oxygen atoms in total. The van der Waals surface area contributed by atoms with E-state index in [-0.39, 0.29) is 6.71 Å². The second kappa shape index (κ2) is 13.4. The lowest BCUT2D eigenvalue weighted by Gasteiger charge is -2.45. The molecule has 0 fully saturated rings. The van der Waals surface area contributed by atoms with Crippen LogP contribution in [0.5, 0.6) is 0 Å². The Bertz CT molecular complexity index is 2560. The lowest BCUT2D eigenvalue weighted by atomic mass is 9.33. The Morgan fingerprint density at radius 3 is 0.982 bits per heavy atom. The number of fused-ring (bicyclic) bond motifs is 4. The second-order valence-electron chi connectivity index (χ2n) is 17.4. The third kappa shape index (κ3) is 5.77. The van der Waals surface area contributed by atoms with Crippen molar-refractivity contribution in [1.29, 1.82) is 0 Å². The van der Waals surface area contributed by atoms with Crippen molar-refractivity contribution in [2.45, 2.75) is 83.1 Å². The molecule has 2 heterocycles. The largest absolute Gasteiger partial charge is 0.311 e. The van der Waals surface area contributed by atoms with Crippen LogP contribution in [-0.4, -0.2) is 6.71 Å². The van der Waals surface area contributed by atoms with Crippen molar-refractivity contribution in [3.05, 3.63) is 170 Å². The molecule has 7 aromatic rings. The molecular formula is C54H53BN2. The predicted octanol–water partition coefficient (Wildman–Crippen LogP) is 12.8. The van der Waals surface area contributed by atoms with E-state index in [0.717, 1.165) is 0 Å². The summed E-state index contributed by atoms with van der Waals surface area (Å²) < 4.78 is 0. The van der Waals surface area contributed by atoms with Crippen molar-refractivity contribution in [1.82, 2.24) is 0 Å². The van der Waals surface area contributed by atoms with Gasteiger partial charge in [-0.3, -0.25) is 0 Å². The molecule has 2 aliphatic rings. The molecule has 0 amide bonds. The lowest BCUT2D eigenvalue weighted by Crippen LogP contribution is -2.61. The highest BCUT2D eigenvalue weighted by Gasteiger charge is 2.44. The first kappa shape index (κ1) is 36.8. The molecule has 57 heavy (non-hydrogen) atoms. The minimum atomic E-state index is 0.0503. The van der Waals surface area contributed by atoms with E-state index < -0.39 is 0 Å². The Balaban J connectivity index is 1.39. The molecule has 0 N–H and O–H groups in total. The molecule has 282 valence electrons. The van der Waals surface area contributed by atoms with Gasteiger partial charge < -0.3 is 9.80 Å². The molecule has 0 saturated carbocycles. The maximum absolute atomic E-state index is 2.60. The molecule has 0 spiro atoms. The van der Waals surface area contributed by atoms with Crippen LogP contribution in [0.25, 0.3) is 22.3 Å². The van der Waals surface area contributed by atoms with Gasteiger partial charge in [0.15, 0.2) is 0 Å². The van der Waals surface area contributed by atoms with E-state index in [1.165, 1.54) is 140 Å². The number of benzene rings is 7. The molecule has 7 aromatic carbocycles. The number of anilines is 6. The maximum atomic E-state index is 2.60. The van der Waals surface area contributed by atoms with Gasteiger partial charge in [0, 0.05) is 22.7 Å². The van der Waals surface area contributed by atoms with Crippen LogP contribution in [0.3, 0.4) is 0 Å². The standard InChI is InChI=1S/C54H53BN2/c1-30-20-34(5)50(35(6)21-30)42-16-18-44-48(28-42)56(53-38(9)24-32(3)25-39(53)10)46-14-13-15-47-52(46)55(44)45-19-17-43(51-36(7)22-31(2)23-37(51)8)29-49(45)57(47)54-40(11)26-33(4)27-41(54)12/h13-29H,1-12H3. The van der Waals surface area contributed by atoms with Crippen LogP contribution >= 0.6 is 0 Å². The minimum absolute atomic E-state index is 0.0503. The number of rotatable bonds is 4. The monoisotopic (exact) mass is 740 g/mol. The summed E-state index contributed by atoms with van der Waals surface area (Å²) in [5, 5.41) is 0. The van der Waals surface area contributed by atoms with E-state index in [9.17, 15) is 0 Å². The zero-order valence-corrected chi connectivity index (χ0v) is 35.8. The normalized spacial score (nSPS) is 12.8. The minimum Gasteiger partial charge on any atom is -0.311 e. The molecule has 0 unspecified atom stereocenters. The van der Waals surface area contributed by atoms with Gasteiger partial charge in [-0.25, -0.2) is 0 Å². The van der Waals surface area contributed by atoms with E-state index in [1.54, 1.807) is 0 Å². The summed E-state index contributed by atoms with van der Waals surface area (Å²) in [6, 6.07) is 40.4. The summed E-state index contributed by atoms with van der Waals surface area (Å²) in [5.41, 5.74) is 32.4.